The molecule has 1 aromatic carbocycles. The molecule has 130 valence electrons. The molecule has 0 aliphatic rings. The highest BCUT2D eigenvalue weighted by Crippen LogP contribution is 2.29. The molecular weight excluding hydrogens is 308 g/mol. The highest BCUT2D eigenvalue weighted by molar-refractivity contribution is 5.99. The zero-order chi connectivity index (χ0) is 17.9. The van der Waals surface area contributed by atoms with Crippen LogP contribution in [-0.2, 0) is 4.79 Å². The van der Waals surface area contributed by atoms with Gasteiger partial charge in [-0.2, -0.15) is 0 Å². The number of ether oxygens (including phenoxy) is 1. The first-order valence-electron chi connectivity index (χ1n) is 7.87. The normalized spacial score (nSPS) is 11.4. The van der Waals surface area contributed by atoms with Crippen molar-refractivity contribution in [2.24, 2.45) is 0 Å². The molecule has 24 heavy (non-hydrogen) atoms. The van der Waals surface area contributed by atoms with Gasteiger partial charge in [-0.3, -0.25) is 9.59 Å². The number of hydrogen-bond donors (Lipinski definition) is 2. The predicted octanol–water partition coefficient (Wildman–Crippen LogP) is 2.78. The number of carbonyl (C=O) groups excluding carboxylic acids is 2. The van der Waals surface area contributed by atoms with Crippen LogP contribution in [0.3, 0.4) is 0 Å². The fourth-order valence-electron chi connectivity index (χ4n) is 2.53. The molecule has 0 fully saturated rings. The molecule has 6 nitrogen and oxygen atoms in total. The number of fused-ring (bicyclic) bond motifs is 1. The summed E-state index contributed by atoms with van der Waals surface area (Å²) in [5, 5.41) is 6.40. The SMILES string of the molecule is CNC(=O)CCC(C)(C)NC(=O)c1oc2cc(OC)ccc2c1C. The second kappa shape index (κ2) is 6.95. The summed E-state index contributed by atoms with van der Waals surface area (Å²) in [6, 6.07) is 5.47. The Balaban J connectivity index is 2.18. The van der Waals surface area contributed by atoms with E-state index in [0.717, 1.165) is 10.9 Å². The second-order valence-electron chi connectivity index (χ2n) is 6.43. The summed E-state index contributed by atoms with van der Waals surface area (Å²) in [4.78, 5) is 24.0. The maximum Gasteiger partial charge on any atom is 0.287 e. The van der Waals surface area contributed by atoms with E-state index in [1.54, 1.807) is 20.2 Å². The minimum Gasteiger partial charge on any atom is -0.497 e. The summed E-state index contributed by atoms with van der Waals surface area (Å²) >= 11 is 0. The molecule has 1 aromatic heterocycles. The lowest BCUT2D eigenvalue weighted by Crippen LogP contribution is -2.44. The molecule has 0 aliphatic carbocycles. The summed E-state index contributed by atoms with van der Waals surface area (Å²) in [5.41, 5.74) is 0.875. The lowest BCUT2D eigenvalue weighted by Gasteiger charge is -2.25. The number of aryl methyl sites for hydroxylation is 1. The van der Waals surface area contributed by atoms with Crippen LogP contribution in [0.2, 0.25) is 0 Å². The molecule has 2 N–H and O–H groups in total. The van der Waals surface area contributed by atoms with Crippen molar-refractivity contribution in [2.75, 3.05) is 14.2 Å². The van der Waals surface area contributed by atoms with E-state index in [0.29, 0.717) is 24.2 Å². The van der Waals surface area contributed by atoms with Crippen LogP contribution in [0.15, 0.2) is 22.6 Å². The molecule has 0 spiro atoms. The van der Waals surface area contributed by atoms with Crippen LogP contribution in [0.5, 0.6) is 5.75 Å². The lowest BCUT2D eigenvalue weighted by molar-refractivity contribution is -0.121. The van der Waals surface area contributed by atoms with Crippen LogP contribution in [0.25, 0.3) is 11.0 Å². The van der Waals surface area contributed by atoms with Crippen molar-refractivity contribution in [3.63, 3.8) is 0 Å². The Morgan fingerprint density at radius 3 is 2.62 bits per heavy atom. The number of rotatable bonds is 6. The third-order valence-electron chi connectivity index (χ3n) is 4.06. The van der Waals surface area contributed by atoms with E-state index in [9.17, 15) is 9.59 Å². The van der Waals surface area contributed by atoms with Gasteiger partial charge in [0.15, 0.2) is 5.76 Å². The van der Waals surface area contributed by atoms with Crippen LogP contribution in [0, 0.1) is 6.92 Å². The molecule has 0 radical (unpaired) electrons. The monoisotopic (exact) mass is 332 g/mol. The highest BCUT2D eigenvalue weighted by atomic mass is 16.5. The van der Waals surface area contributed by atoms with Crippen molar-refractivity contribution in [1.82, 2.24) is 10.6 Å². The van der Waals surface area contributed by atoms with E-state index in [2.05, 4.69) is 10.6 Å². The molecule has 2 amide bonds. The van der Waals surface area contributed by atoms with Gasteiger partial charge in [-0.15, -0.1) is 0 Å². The number of nitrogens with one attached hydrogen (secondary N) is 2. The first-order chi connectivity index (χ1) is 11.3. The number of amides is 2. The molecule has 0 aliphatic heterocycles. The van der Waals surface area contributed by atoms with Crippen LogP contribution in [0.4, 0.5) is 0 Å². The topological polar surface area (TPSA) is 80.6 Å². The summed E-state index contributed by atoms with van der Waals surface area (Å²) in [6.07, 6.45) is 0.881. The molecule has 0 saturated heterocycles. The fourth-order valence-corrected chi connectivity index (χ4v) is 2.53. The Kier molecular flexibility index (Phi) is 5.17. The Bertz CT molecular complexity index is 762. The molecule has 0 unspecified atom stereocenters. The molecule has 2 rings (SSSR count). The third kappa shape index (κ3) is 3.88. The van der Waals surface area contributed by atoms with Gasteiger partial charge < -0.3 is 19.8 Å². The Morgan fingerprint density at radius 2 is 2.00 bits per heavy atom. The quantitative estimate of drug-likeness (QED) is 0.852. The van der Waals surface area contributed by atoms with E-state index in [1.165, 1.54) is 0 Å². The van der Waals surface area contributed by atoms with Crippen LogP contribution < -0.4 is 15.4 Å². The molecule has 0 saturated carbocycles. The van der Waals surface area contributed by atoms with Crippen molar-refractivity contribution in [1.29, 1.82) is 0 Å². The molecule has 1 heterocycles. The fraction of sp³-hybridized carbons (Fsp3) is 0.444. The zero-order valence-corrected chi connectivity index (χ0v) is 14.8. The summed E-state index contributed by atoms with van der Waals surface area (Å²) in [6.45, 7) is 5.62. The standard InChI is InChI=1S/C18H24N2O4/c1-11-13-7-6-12(23-5)10-14(13)24-16(11)17(22)20-18(2,3)9-8-15(21)19-4/h6-7,10H,8-9H2,1-5H3,(H,19,21)(H,20,22). The minimum atomic E-state index is -0.521. The van der Waals surface area contributed by atoms with Crippen molar-refractivity contribution >= 4 is 22.8 Å². The van der Waals surface area contributed by atoms with Gasteiger partial charge in [-0.25, -0.2) is 0 Å². The highest BCUT2D eigenvalue weighted by Gasteiger charge is 2.25. The van der Waals surface area contributed by atoms with Gasteiger partial charge in [0, 0.05) is 36.0 Å². The number of hydrogen-bond acceptors (Lipinski definition) is 4. The molecule has 6 heteroatoms. The Hall–Kier alpha value is -2.50. The molecule has 2 aromatic rings. The average Bonchev–Trinajstić information content (AvgIpc) is 2.88. The predicted molar refractivity (Wildman–Crippen MR) is 92.3 cm³/mol. The summed E-state index contributed by atoms with van der Waals surface area (Å²) < 4.78 is 10.9. The first kappa shape index (κ1) is 17.8. The second-order valence-corrected chi connectivity index (χ2v) is 6.43. The van der Waals surface area contributed by atoms with Crippen molar-refractivity contribution in [3.05, 3.63) is 29.5 Å². The van der Waals surface area contributed by atoms with Crippen molar-refractivity contribution < 1.29 is 18.7 Å². The van der Waals surface area contributed by atoms with Gasteiger partial charge in [0.25, 0.3) is 5.91 Å². The first-order valence-corrected chi connectivity index (χ1v) is 7.87. The average molecular weight is 332 g/mol. The van der Waals surface area contributed by atoms with Gasteiger partial charge >= 0.3 is 0 Å². The van der Waals surface area contributed by atoms with Gasteiger partial charge in [0.2, 0.25) is 5.91 Å². The van der Waals surface area contributed by atoms with Crippen LogP contribution in [0.1, 0.15) is 42.8 Å². The Labute approximate surface area is 141 Å². The lowest BCUT2D eigenvalue weighted by atomic mass is 9.97. The largest absolute Gasteiger partial charge is 0.497 e. The van der Waals surface area contributed by atoms with E-state index in [1.807, 2.05) is 32.9 Å². The summed E-state index contributed by atoms with van der Waals surface area (Å²) in [7, 11) is 3.18. The van der Waals surface area contributed by atoms with E-state index >= 15 is 0 Å². The maximum atomic E-state index is 12.6. The number of furan rings is 1. The maximum absolute atomic E-state index is 12.6. The van der Waals surface area contributed by atoms with Gasteiger partial charge in [-0.05, 0) is 39.3 Å². The molecular formula is C18H24N2O4. The van der Waals surface area contributed by atoms with Gasteiger partial charge in [-0.1, -0.05) is 0 Å². The van der Waals surface area contributed by atoms with Gasteiger partial charge in [0.1, 0.15) is 11.3 Å². The minimum absolute atomic E-state index is 0.0515. The number of benzene rings is 1. The van der Waals surface area contributed by atoms with Crippen molar-refractivity contribution in [3.8, 4) is 5.75 Å². The third-order valence-corrected chi connectivity index (χ3v) is 4.06. The number of carbonyl (C=O) groups is 2. The van der Waals surface area contributed by atoms with E-state index < -0.39 is 5.54 Å². The molecule has 0 bridgehead atoms. The Morgan fingerprint density at radius 1 is 1.29 bits per heavy atom. The smallest absolute Gasteiger partial charge is 0.287 e. The van der Waals surface area contributed by atoms with E-state index in [-0.39, 0.29) is 17.6 Å². The summed E-state index contributed by atoms with van der Waals surface area (Å²) in [5.74, 6) is 0.620. The molecule has 0 atom stereocenters. The van der Waals surface area contributed by atoms with Crippen LogP contribution >= 0.6 is 0 Å². The van der Waals surface area contributed by atoms with Gasteiger partial charge in [0.05, 0.1) is 7.11 Å². The van der Waals surface area contributed by atoms with Crippen molar-refractivity contribution in [2.45, 2.75) is 39.2 Å². The van der Waals surface area contributed by atoms with E-state index in [4.69, 9.17) is 9.15 Å². The number of methoxy groups -OCH3 is 1. The van der Waals surface area contributed by atoms with Crippen LogP contribution in [-0.4, -0.2) is 31.5 Å². The zero-order valence-electron chi connectivity index (χ0n) is 14.8.